The van der Waals surface area contributed by atoms with Crippen LogP contribution in [0.3, 0.4) is 0 Å². The Morgan fingerprint density at radius 1 is 1.43 bits per heavy atom. The second kappa shape index (κ2) is 6.71. The Kier molecular flexibility index (Phi) is 4.66. The lowest BCUT2D eigenvalue weighted by atomic mass is 9.79. The van der Waals surface area contributed by atoms with Gasteiger partial charge in [0.25, 0.3) is 0 Å². The van der Waals surface area contributed by atoms with Gasteiger partial charge in [0.1, 0.15) is 11.6 Å². The molecule has 0 spiro atoms. The SMILES string of the molecule is CCCn1ncc(C)c1NC[C@@]1(c2cccc(F)c2)CCOC1. The predicted molar refractivity (Wildman–Crippen MR) is 89.3 cm³/mol. The maximum absolute atomic E-state index is 13.7. The summed E-state index contributed by atoms with van der Waals surface area (Å²) in [7, 11) is 0. The molecule has 4 nitrogen and oxygen atoms in total. The van der Waals surface area contributed by atoms with Gasteiger partial charge in [-0.25, -0.2) is 9.07 Å². The monoisotopic (exact) mass is 317 g/mol. The predicted octanol–water partition coefficient (Wildman–Crippen LogP) is 3.51. The average Bonchev–Trinajstić information content (AvgIpc) is 3.14. The molecule has 1 fully saturated rings. The molecule has 1 N–H and O–H groups in total. The Morgan fingerprint density at radius 2 is 2.30 bits per heavy atom. The number of nitrogens with one attached hydrogen (secondary N) is 1. The number of aryl methyl sites for hydroxylation is 2. The first kappa shape index (κ1) is 16.0. The number of halogens is 1. The molecule has 0 aliphatic carbocycles. The molecule has 5 heteroatoms. The van der Waals surface area contributed by atoms with Crippen molar-refractivity contribution in [2.45, 2.75) is 38.6 Å². The summed E-state index contributed by atoms with van der Waals surface area (Å²) in [6.07, 6.45) is 3.82. The highest BCUT2D eigenvalue weighted by molar-refractivity contribution is 5.44. The highest BCUT2D eigenvalue weighted by Gasteiger charge is 2.37. The van der Waals surface area contributed by atoms with Crippen LogP contribution in [0, 0.1) is 12.7 Å². The van der Waals surface area contributed by atoms with Crippen molar-refractivity contribution in [3.63, 3.8) is 0 Å². The standard InChI is InChI=1S/C18H24FN3O/c1-3-8-22-17(14(2)11-21-22)20-12-18(7-9-23-13-18)15-5-4-6-16(19)10-15/h4-6,10-11,20H,3,7-9,12-13H2,1-2H3/t18-/m0/s1. The van der Waals surface area contributed by atoms with E-state index >= 15 is 0 Å². The smallest absolute Gasteiger partial charge is 0.127 e. The third-order valence-electron chi connectivity index (χ3n) is 4.59. The molecule has 1 saturated heterocycles. The van der Waals surface area contributed by atoms with E-state index in [9.17, 15) is 4.39 Å². The molecule has 124 valence electrons. The molecule has 2 aromatic rings. The Labute approximate surface area is 136 Å². The first-order chi connectivity index (χ1) is 11.1. The topological polar surface area (TPSA) is 39.1 Å². The molecule has 1 aromatic heterocycles. The minimum atomic E-state index is -0.194. The zero-order valence-electron chi connectivity index (χ0n) is 13.8. The summed E-state index contributed by atoms with van der Waals surface area (Å²) < 4.78 is 21.3. The highest BCUT2D eigenvalue weighted by atomic mass is 19.1. The van der Waals surface area contributed by atoms with Crippen LogP contribution in [0.5, 0.6) is 0 Å². The van der Waals surface area contributed by atoms with Crippen LogP contribution in [0.15, 0.2) is 30.5 Å². The van der Waals surface area contributed by atoms with Crippen LogP contribution in [0.2, 0.25) is 0 Å². The summed E-state index contributed by atoms with van der Waals surface area (Å²) in [5, 5.41) is 7.97. The molecule has 1 atom stereocenters. The molecule has 0 saturated carbocycles. The normalized spacial score (nSPS) is 20.8. The number of ether oxygens (including phenoxy) is 1. The van der Waals surface area contributed by atoms with Crippen LogP contribution in [0.1, 0.15) is 30.9 Å². The summed E-state index contributed by atoms with van der Waals surface area (Å²) in [6, 6.07) is 6.89. The van der Waals surface area contributed by atoms with E-state index in [0.717, 1.165) is 36.3 Å². The zero-order valence-corrected chi connectivity index (χ0v) is 13.8. The second-order valence-electron chi connectivity index (χ2n) is 6.35. The molecule has 1 aliphatic heterocycles. The van der Waals surface area contributed by atoms with Crippen molar-refractivity contribution in [1.29, 1.82) is 0 Å². The molecule has 1 aliphatic rings. The van der Waals surface area contributed by atoms with Crippen LogP contribution >= 0.6 is 0 Å². The third kappa shape index (κ3) is 3.24. The summed E-state index contributed by atoms with van der Waals surface area (Å²) >= 11 is 0. The number of hydrogen-bond donors (Lipinski definition) is 1. The molecular formula is C18H24FN3O. The van der Waals surface area contributed by atoms with Gasteiger partial charge in [-0.05, 0) is 37.5 Å². The van der Waals surface area contributed by atoms with Gasteiger partial charge in [-0.15, -0.1) is 0 Å². The maximum Gasteiger partial charge on any atom is 0.127 e. The van der Waals surface area contributed by atoms with E-state index in [1.54, 1.807) is 12.1 Å². The Bertz CT molecular complexity index is 662. The van der Waals surface area contributed by atoms with Crippen molar-refractivity contribution >= 4 is 5.82 Å². The van der Waals surface area contributed by atoms with Crippen molar-refractivity contribution in [2.75, 3.05) is 25.1 Å². The van der Waals surface area contributed by atoms with E-state index < -0.39 is 0 Å². The molecule has 1 aromatic carbocycles. The van der Waals surface area contributed by atoms with E-state index in [-0.39, 0.29) is 11.2 Å². The highest BCUT2D eigenvalue weighted by Crippen LogP contribution is 2.34. The Hall–Kier alpha value is -1.88. The van der Waals surface area contributed by atoms with Gasteiger partial charge >= 0.3 is 0 Å². The quantitative estimate of drug-likeness (QED) is 0.886. The van der Waals surface area contributed by atoms with Crippen molar-refractivity contribution < 1.29 is 9.13 Å². The number of anilines is 1. The number of aromatic nitrogens is 2. The molecular weight excluding hydrogens is 293 g/mol. The van der Waals surface area contributed by atoms with Gasteiger partial charge in [-0.3, -0.25) is 0 Å². The third-order valence-corrected chi connectivity index (χ3v) is 4.59. The summed E-state index contributed by atoms with van der Waals surface area (Å²) in [4.78, 5) is 0. The van der Waals surface area contributed by atoms with E-state index in [0.29, 0.717) is 19.8 Å². The van der Waals surface area contributed by atoms with E-state index in [2.05, 4.69) is 24.3 Å². The van der Waals surface area contributed by atoms with Gasteiger partial charge in [-0.1, -0.05) is 19.1 Å². The number of rotatable bonds is 6. The summed E-state index contributed by atoms with van der Waals surface area (Å²) in [5.74, 6) is 0.857. The molecule has 0 bridgehead atoms. The van der Waals surface area contributed by atoms with Gasteiger partial charge in [0, 0.05) is 30.7 Å². The fourth-order valence-electron chi connectivity index (χ4n) is 3.24. The number of hydrogen-bond acceptors (Lipinski definition) is 3. The Morgan fingerprint density at radius 3 is 3.00 bits per heavy atom. The van der Waals surface area contributed by atoms with Gasteiger partial charge < -0.3 is 10.1 Å². The van der Waals surface area contributed by atoms with Crippen molar-refractivity contribution in [2.24, 2.45) is 0 Å². The zero-order chi connectivity index (χ0) is 16.3. The first-order valence-corrected chi connectivity index (χ1v) is 8.25. The van der Waals surface area contributed by atoms with Gasteiger partial charge in [0.15, 0.2) is 0 Å². The largest absolute Gasteiger partial charge is 0.380 e. The maximum atomic E-state index is 13.7. The molecule has 0 amide bonds. The lowest BCUT2D eigenvalue weighted by Crippen LogP contribution is -2.35. The van der Waals surface area contributed by atoms with Gasteiger partial charge in [0.05, 0.1) is 12.8 Å². The van der Waals surface area contributed by atoms with Crippen molar-refractivity contribution in [3.8, 4) is 0 Å². The molecule has 3 rings (SSSR count). The molecule has 2 heterocycles. The Balaban J connectivity index is 1.83. The second-order valence-corrected chi connectivity index (χ2v) is 6.35. The minimum Gasteiger partial charge on any atom is -0.380 e. The van der Waals surface area contributed by atoms with Crippen LogP contribution in [0.4, 0.5) is 10.2 Å². The van der Waals surface area contributed by atoms with Gasteiger partial charge in [-0.2, -0.15) is 5.10 Å². The van der Waals surface area contributed by atoms with E-state index in [1.165, 1.54) is 6.07 Å². The van der Waals surface area contributed by atoms with Crippen molar-refractivity contribution in [1.82, 2.24) is 9.78 Å². The minimum absolute atomic E-state index is 0.185. The fourth-order valence-corrected chi connectivity index (χ4v) is 3.24. The summed E-state index contributed by atoms with van der Waals surface area (Å²) in [6.45, 7) is 7.13. The van der Waals surface area contributed by atoms with Crippen molar-refractivity contribution in [3.05, 3.63) is 47.4 Å². The summed E-state index contributed by atoms with van der Waals surface area (Å²) in [5.41, 5.74) is 1.95. The lowest BCUT2D eigenvalue weighted by Gasteiger charge is -2.29. The lowest BCUT2D eigenvalue weighted by molar-refractivity contribution is 0.179. The van der Waals surface area contributed by atoms with E-state index in [4.69, 9.17) is 4.74 Å². The first-order valence-electron chi connectivity index (χ1n) is 8.25. The average molecular weight is 317 g/mol. The fraction of sp³-hybridized carbons (Fsp3) is 0.500. The van der Waals surface area contributed by atoms with Crippen LogP contribution < -0.4 is 5.32 Å². The molecule has 23 heavy (non-hydrogen) atoms. The van der Waals surface area contributed by atoms with Crippen LogP contribution in [0.25, 0.3) is 0 Å². The van der Waals surface area contributed by atoms with Crippen LogP contribution in [-0.2, 0) is 16.7 Å². The number of nitrogens with zero attached hydrogens (tertiary/aromatic N) is 2. The molecule has 0 unspecified atom stereocenters. The van der Waals surface area contributed by atoms with E-state index in [1.807, 2.05) is 16.9 Å². The van der Waals surface area contributed by atoms with Crippen LogP contribution in [-0.4, -0.2) is 29.5 Å². The van der Waals surface area contributed by atoms with Gasteiger partial charge in [0.2, 0.25) is 0 Å². The molecule has 0 radical (unpaired) electrons. The number of benzene rings is 1.